The van der Waals surface area contributed by atoms with E-state index in [1.54, 1.807) is 35.9 Å². The van der Waals surface area contributed by atoms with Crippen LogP contribution in [0.3, 0.4) is 0 Å². The van der Waals surface area contributed by atoms with Crippen molar-refractivity contribution in [3.05, 3.63) is 30.1 Å². The average molecular weight is 332 g/mol. The zero-order valence-corrected chi connectivity index (χ0v) is 14.4. The Hall–Kier alpha value is -2.44. The van der Waals surface area contributed by atoms with E-state index in [1.807, 2.05) is 12.1 Å². The van der Waals surface area contributed by atoms with Crippen LogP contribution in [-0.4, -0.2) is 58.7 Å². The number of rotatable bonds is 4. The van der Waals surface area contributed by atoms with Gasteiger partial charge in [-0.3, -0.25) is 19.4 Å². The molecule has 0 aliphatic carbocycles. The predicted octanol–water partition coefficient (Wildman–Crippen LogP) is 0.415. The molecule has 0 saturated carbocycles. The van der Waals surface area contributed by atoms with Crippen molar-refractivity contribution in [2.24, 2.45) is 5.41 Å². The molecule has 0 bridgehead atoms. The molecule has 7 heteroatoms. The van der Waals surface area contributed by atoms with E-state index in [-0.39, 0.29) is 24.3 Å². The van der Waals surface area contributed by atoms with Gasteiger partial charge in [-0.2, -0.15) is 0 Å². The quantitative estimate of drug-likeness (QED) is 0.810. The summed E-state index contributed by atoms with van der Waals surface area (Å²) in [5.74, 6) is -0.536. The van der Waals surface area contributed by atoms with Crippen LogP contribution in [0.15, 0.2) is 24.4 Å². The monoisotopic (exact) mass is 332 g/mol. The van der Waals surface area contributed by atoms with Gasteiger partial charge in [-0.15, -0.1) is 0 Å². The second-order valence-electron chi connectivity index (χ2n) is 6.43. The number of piperazine rings is 1. The fourth-order valence-electron chi connectivity index (χ4n) is 2.61. The van der Waals surface area contributed by atoms with Crippen LogP contribution in [0, 0.1) is 5.41 Å². The van der Waals surface area contributed by atoms with Gasteiger partial charge in [0.05, 0.1) is 12.2 Å². The lowest BCUT2D eigenvalue weighted by Gasteiger charge is -2.37. The predicted molar refractivity (Wildman–Crippen MR) is 88.7 cm³/mol. The summed E-state index contributed by atoms with van der Waals surface area (Å²) < 4.78 is 0. The molecule has 1 aliphatic rings. The molecule has 2 rings (SSSR count). The molecule has 1 aromatic heterocycles. The Bertz CT molecular complexity index is 608. The van der Waals surface area contributed by atoms with E-state index in [0.717, 1.165) is 5.69 Å². The number of nitrogens with one attached hydrogen (secondary N) is 1. The number of hydrogen-bond acceptors (Lipinski definition) is 4. The first-order valence-corrected chi connectivity index (χ1v) is 8.05. The number of hydrogen-bond donors (Lipinski definition) is 1. The fraction of sp³-hybridized carbons (Fsp3) is 0.529. The number of pyridine rings is 1. The maximum absolute atomic E-state index is 12.7. The summed E-state index contributed by atoms with van der Waals surface area (Å²) >= 11 is 0. The second-order valence-corrected chi connectivity index (χ2v) is 6.43. The number of amides is 3. The molecular formula is C17H24N4O3. The molecule has 0 radical (unpaired) electrons. The molecule has 1 fully saturated rings. The Morgan fingerprint density at radius 3 is 2.29 bits per heavy atom. The van der Waals surface area contributed by atoms with E-state index in [9.17, 15) is 14.4 Å². The van der Waals surface area contributed by atoms with E-state index >= 15 is 0 Å². The number of carbonyl (C=O) groups is 3. The summed E-state index contributed by atoms with van der Waals surface area (Å²) in [6.07, 6.45) is 1.66. The average Bonchev–Trinajstić information content (AvgIpc) is 2.59. The van der Waals surface area contributed by atoms with Crippen LogP contribution in [-0.2, 0) is 20.9 Å². The zero-order chi connectivity index (χ0) is 17.7. The maximum Gasteiger partial charge on any atom is 0.237 e. The summed E-state index contributed by atoms with van der Waals surface area (Å²) in [7, 11) is 0. The highest BCUT2D eigenvalue weighted by atomic mass is 16.2. The van der Waals surface area contributed by atoms with Gasteiger partial charge in [0.1, 0.15) is 5.41 Å². The highest BCUT2D eigenvalue weighted by Crippen LogP contribution is 2.20. The lowest BCUT2D eigenvalue weighted by molar-refractivity contribution is -0.151. The molecule has 1 aliphatic heterocycles. The molecule has 0 spiro atoms. The van der Waals surface area contributed by atoms with Crippen molar-refractivity contribution in [2.45, 2.75) is 27.3 Å². The van der Waals surface area contributed by atoms with Crippen molar-refractivity contribution < 1.29 is 14.4 Å². The molecule has 0 unspecified atom stereocenters. The first kappa shape index (κ1) is 17.9. The van der Waals surface area contributed by atoms with Gasteiger partial charge in [0.25, 0.3) is 0 Å². The summed E-state index contributed by atoms with van der Waals surface area (Å²) in [6.45, 7) is 6.98. The van der Waals surface area contributed by atoms with E-state index in [4.69, 9.17) is 0 Å². The van der Waals surface area contributed by atoms with Crippen molar-refractivity contribution in [3.8, 4) is 0 Å². The van der Waals surface area contributed by atoms with Gasteiger partial charge in [0.2, 0.25) is 17.7 Å². The minimum Gasteiger partial charge on any atom is -0.350 e. The topological polar surface area (TPSA) is 82.6 Å². The fourth-order valence-corrected chi connectivity index (χ4v) is 2.61. The normalized spacial score (nSPS) is 15.1. The van der Waals surface area contributed by atoms with E-state index in [0.29, 0.717) is 26.2 Å². The number of carbonyl (C=O) groups excluding carboxylic acids is 3. The van der Waals surface area contributed by atoms with Crippen LogP contribution in [0.1, 0.15) is 26.5 Å². The van der Waals surface area contributed by atoms with Crippen LogP contribution in [0.4, 0.5) is 0 Å². The van der Waals surface area contributed by atoms with Gasteiger partial charge in [-0.05, 0) is 26.0 Å². The first-order chi connectivity index (χ1) is 11.3. The highest BCUT2D eigenvalue weighted by Gasteiger charge is 2.40. The Labute approximate surface area is 142 Å². The van der Waals surface area contributed by atoms with Crippen molar-refractivity contribution >= 4 is 17.7 Å². The second kappa shape index (κ2) is 7.42. The van der Waals surface area contributed by atoms with E-state index in [2.05, 4.69) is 10.3 Å². The Kier molecular flexibility index (Phi) is 5.54. The minimum absolute atomic E-state index is 0.00876. The van der Waals surface area contributed by atoms with Gasteiger partial charge in [0, 0.05) is 39.3 Å². The summed E-state index contributed by atoms with van der Waals surface area (Å²) in [6, 6.07) is 5.47. The molecule has 1 N–H and O–H groups in total. The van der Waals surface area contributed by atoms with Crippen molar-refractivity contribution in [1.82, 2.24) is 20.1 Å². The van der Waals surface area contributed by atoms with Gasteiger partial charge in [-0.1, -0.05) is 6.07 Å². The summed E-state index contributed by atoms with van der Waals surface area (Å²) in [5, 5.41) is 2.77. The SMILES string of the molecule is CC(=O)N1CCN(C(=O)C(C)(C)C(=O)NCc2ccccn2)CC1. The van der Waals surface area contributed by atoms with Crippen molar-refractivity contribution in [2.75, 3.05) is 26.2 Å². The lowest BCUT2D eigenvalue weighted by Crippen LogP contribution is -2.56. The molecular weight excluding hydrogens is 308 g/mol. The van der Waals surface area contributed by atoms with Gasteiger partial charge in [-0.25, -0.2) is 0 Å². The van der Waals surface area contributed by atoms with Gasteiger partial charge >= 0.3 is 0 Å². The Morgan fingerprint density at radius 1 is 1.12 bits per heavy atom. The molecule has 7 nitrogen and oxygen atoms in total. The Morgan fingerprint density at radius 2 is 1.75 bits per heavy atom. The zero-order valence-electron chi connectivity index (χ0n) is 14.4. The smallest absolute Gasteiger partial charge is 0.237 e. The van der Waals surface area contributed by atoms with Gasteiger partial charge < -0.3 is 15.1 Å². The molecule has 1 saturated heterocycles. The highest BCUT2D eigenvalue weighted by molar-refractivity contribution is 6.04. The van der Waals surface area contributed by atoms with Crippen molar-refractivity contribution in [1.29, 1.82) is 0 Å². The third-order valence-corrected chi connectivity index (χ3v) is 4.27. The standard InChI is InChI=1S/C17H24N4O3/c1-13(22)20-8-10-21(11-9-20)16(24)17(2,3)15(23)19-12-14-6-4-5-7-18-14/h4-7H,8-12H2,1-3H3,(H,19,23). The van der Waals surface area contributed by atoms with E-state index in [1.165, 1.54) is 6.92 Å². The molecule has 2 heterocycles. The molecule has 24 heavy (non-hydrogen) atoms. The number of nitrogens with zero attached hydrogens (tertiary/aromatic N) is 3. The molecule has 0 aromatic carbocycles. The molecule has 130 valence electrons. The maximum atomic E-state index is 12.7. The summed E-state index contributed by atoms with van der Waals surface area (Å²) in [4.78, 5) is 44.0. The largest absolute Gasteiger partial charge is 0.350 e. The van der Waals surface area contributed by atoms with E-state index < -0.39 is 5.41 Å². The summed E-state index contributed by atoms with van der Waals surface area (Å²) in [5.41, 5.74) is -0.420. The van der Waals surface area contributed by atoms with Crippen LogP contribution in [0.25, 0.3) is 0 Å². The minimum atomic E-state index is -1.16. The van der Waals surface area contributed by atoms with Crippen LogP contribution < -0.4 is 5.32 Å². The lowest BCUT2D eigenvalue weighted by atomic mass is 9.90. The van der Waals surface area contributed by atoms with Crippen molar-refractivity contribution in [3.63, 3.8) is 0 Å². The first-order valence-electron chi connectivity index (χ1n) is 8.05. The van der Waals surface area contributed by atoms with Crippen LogP contribution in [0.2, 0.25) is 0 Å². The Balaban J connectivity index is 1.92. The molecule has 3 amide bonds. The van der Waals surface area contributed by atoms with Gasteiger partial charge in [0.15, 0.2) is 0 Å². The third-order valence-electron chi connectivity index (χ3n) is 4.27. The third kappa shape index (κ3) is 4.10. The molecule has 1 aromatic rings. The van der Waals surface area contributed by atoms with Crippen LogP contribution in [0.5, 0.6) is 0 Å². The van der Waals surface area contributed by atoms with Crippen LogP contribution >= 0.6 is 0 Å². The molecule has 0 atom stereocenters. The number of aromatic nitrogens is 1.